The van der Waals surface area contributed by atoms with E-state index in [-0.39, 0.29) is 0 Å². The third kappa shape index (κ3) is 3.68. The van der Waals surface area contributed by atoms with Gasteiger partial charge in [0.25, 0.3) is 0 Å². The highest BCUT2D eigenvalue weighted by Gasteiger charge is 2.18. The van der Waals surface area contributed by atoms with Crippen LogP contribution in [0.25, 0.3) is 0 Å². The molecule has 3 nitrogen and oxygen atoms in total. The maximum absolute atomic E-state index is 5.38. The molecule has 0 bridgehead atoms. The van der Waals surface area contributed by atoms with Crippen LogP contribution >= 0.6 is 22.6 Å². The molecule has 1 aliphatic rings. The molecule has 11 heavy (non-hydrogen) atoms. The van der Waals surface area contributed by atoms with Gasteiger partial charge in [-0.3, -0.25) is 5.43 Å². The summed E-state index contributed by atoms with van der Waals surface area (Å²) in [5.41, 5.74) is 8.74. The molecule has 1 rings (SSSR count). The fraction of sp³-hybridized carbons (Fsp3) is 1.00. The quantitative estimate of drug-likeness (QED) is 0.439. The van der Waals surface area contributed by atoms with Crippen molar-refractivity contribution in [1.82, 2.24) is 10.4 Å². The summed E-state index contributed by atoms with van der Waals surface area (Å²) in [6.45, 7) is 4.19. The molecule has 0 amide bonds. The van der Waals surface area contributed by atoms with Crippen LogP contribution < -0.4 is 11.2 Å². The minimum Gasteiger partial charge on any atom is -0.330 e. The Morgan fingerprint density at radius 2 is 2.45 bits per heavy atom. The zero-order chi connectivity index (χ0) is 8.10. The Hall–Kier alpha value is 0.610. The molecule has 1 unspecified atom stereocenters. The van der Waals surface area contributed by atoms with Crippen molar-refractivity contribution in [2.24, 2.45) is 5.73 Å². The van der Waals surface area contributed by atoms with Gasteiger partial charge < -0.3 is 5.73 Å². The number of hydrazine groups is 1. The van der Waals surface area contributed by atoms with Crippen LogP contribution in [0.5, 0.6) is 0 Å². The number of hydrogen-bond acceptors (Lipinski definition) is 3. The Bertz CT molecular complexity index is 110. The van der Waals surface area contributed by atoms with Gasteiger partial charge in [-0.2, -0.15) is 0 Å². The van der Waals surface area contributed by atoms with Gasteiger partial charge in [0.05, 0.1) is 0 Å². The zero-order valence-electron chi connectivity index (χ0n) is 6.72. The summed E-state index contributed by atoms with van der Waals surface area (Å²) in [5.74, 6) is 0. The number of rotatable bonds is 4. The standard InChI is InChI=1S/C7H16IN3/c8-7-2-5-11(6-7)10-4-1-3-9/h7,10H,1-6,9H2. The van der Waals surface area contributed by atoms with Gasteiger partial charge in [-0.15, -0.1) is 0 Å². The van der Waals surface area contributed by atoms with Gasteiger partial charge in [0.2, 0.25) is 0 Å². The molecule has 1 aliphatic heterocycles. The Morgan fingerprint density at radius 1 is 1.64 bits per heavy atom. The number of alkyl halides is 1. The van der Waals surface area contributed by atoms with E-state index in [2.05, 4.69) is 33.0 Å². The number of hydrogen-bond donors (Lipinski definition) is 2. The molecule has 0 aromatic rings. The highest BCUT2D eigenvalue weighted by molar-refractivity contribution is 14.1. The highest BCUT2D eigenvalue weighted by atomic mass is 127. The predicted molar refractivity (Wildman–Crippen MR) is 55.7 cm³/mol. The molecule has 0 aliphatic carbocycles. The maximum atomic E-state index is 5.38. The van der Waals surface area contributed by atoms with Gasteiger partial charge in [-0.1, -0.05) is 22.6 Å². The summed E-state index contributed by atoms with van der Waals surface area (Å²) in [6.07, 6.45) is 2.39. The summed E-state index contributed by atoms with van der Waals surface area (Å²) in [5, 5.41) is 2.30. The van der Waals surface area contributed by atoms with Crippen molar-refractivity contribution in [2.75, 3.05) is 26.2 Å². The van der Waals surface area contributed by atoms with Gasteiger partial charge in [0, 0.05) is 23.6 Å². The van der Waals surface area contributed by atoms with Crippen LogP contribution in [0.15, 0.2) is 0 Å². The Balaban J connectivity index is 1.99. The Labute approximate surface area is 81.8 Å². The van der Waals surface area contributed by atoms with Crippen molar-refractivity contribution in [3.05, 3.63) is 0 Å². The smallest absolute Gasteiger partial charge is 0.0264 e. The monoisotopic (exact) mass is 269 g/mol. The fourth-order valence-electron chi connectivity index (χ4n) is 1.20. The molecule has 0 aromatic heterocycles. The van der Waals surface area contributed by atoms with Gasteiger partial charge in [-0.05, 0) is 19.4 Å². The molecular weight excluding hydrogens is 253 g/mol. The van der Waals surface area contributed by atoms with E-state index in [1.54, 1.807) is 0 Å². The number of nitrogens with zero attached hydrogens (tertiary/aromatic N) is 1. The van der Waals surface area contributed by atoms with E-state index in [9.17, 15) is 0 Å². The van der Waals surface area contributed by atoms with Crippen LogP contribution in [0, 0.1) is 0 Å². The maximum Gasteiger partial charge on any atom is 0.0264 e. The molecule has 0 radical (unpaired) electrons. The number of halogens is 1. The van der Waals surface area contributed by atoms with Crippen molar-refractivity contribution < 1.29 is 0 Å². The van der Waals surface area contributed by atoms with Crippen molar-refractivity contribution in [3.63, 3.8) is 0 Å². The average Bonchev–Trinajstić information content (AvgIpc) is 2.37. The first-order valence-electron chi connectivity index (χ1n) is 4.15. The van der Waals surface area contributed by atoms with E-state index in [0.29, 0.717) is 0 Å². The van der Waals surface area contributed by atoms with Crippen LogP contribution in [0.4, 0.5) is 0 Å². The lowest BCUT2D eigenvalue weighted by Gasteiger charge is -2.15. The molecule has 0 saturated carbocycles. The second kappa shape index (κ2) is 5.29. The summed E-state index contributed by atoms with van der Waals surface area (Å²) < 4.78 is 0.831. The summed E-state index contributed by atoms with van der Waals surface area (Å²) >= 11 is 2.50. The van der Waals surface area contributed by atoms with E-state index in [4.69, 9.17) is 5.73 Å². The lowest BCUT2D eigenvalue weighted by atomic mass is 10.4. The van der Waals surface area contributed by atoms with Crippen molar-refractivity contribution in [3.8, 4) is 0 Å². The number of nitrogens with one attached hydrogen (secondary N) is 1. The molecule has 3 N–H and O–H groups in total. The van der Waals surface area contributed by atoms with Crippen molar-refractivity contribution in [1.29, 1.82) is 0 Å². The average molecular weight is 269 g/mol. The lowest BCUT2D eigenvalue weighted by Crippen LogP contribution is -2.37. The SMILES string of the molecule is NCCCNN1CCC(I)C1. The minimum atomic E-state index is 0.786. The minimum absolute atomic E-state index is 0.786. The molecule has 1 atom stereocenters. The lowest BCUT2D eigenvalue weighted by molar-refractivity contribution is 0.237. The van der Waals surface area contributed by atoms with Crippen molar-refractivity contribution >= 4 is 22.6 Å². The van der Waals surface area contributed by atoms with E-state index >= 15 is 0 Å². The first kappa shape index (κ1) is 9.70. The normalized spacial score (nSPS) is 26.2. The van der Waals surface area contributed by atoms with Crippen LogP contribution in [-0.2, 0) is 0 Å². The van der Waals surface area contributed by atoms with Crippen LogP contribution in [-0.4, -0.2) is 35.1 Å². The van der Waals surface area contributed by atoms with E-state index in [1.807, 2.05) is 0 Å². The predicted octanol–water partition coefficient (Wildman–Crippen LogP) is 0.349. The van der Waals surface area contributed by atoms with Crippen LogP contribution in [0.3, 0.4) is 0 Å². The molecule has 4 heteroatoms. The largest absolute Gasteiger partial charge is 0.330 e. The number of nitrogens with two attached hydrogens (primary N) is 1. The topological polar surface area (TPSA) is 41.3 Å². The summed E-state index contributed by atoms with van der Waals surface area (Å²) in [4.78, 5) is 0. The summed E-state index contributed by atoms with van der Waals surface area (Å²) in [6, 6.07) is 0. The third-order valence-electron chi connectivity index (χ3n) is 1.85. The molecule has 0 aromatic carbocycles. The first-order valence-corrected chi connectivity index (χ1v) is 5.40. The molecular formula is C7H16IN3. The molecule has 0 spiro atoms. The molecule has 1 heterocycles. The second-order valence-electron chi connectivity index (χ2n) is 2.88. The van der Waals surface area contributed by atoms with Gasteiger partial charge in [0.1, 0.15) is 0 Å². The molecule has 1 fully saturated rings. The third-order valence-corrected chi connectivity index (χ3v) is 2.86. The summed E-state index contributed by atoms with van der Waals surface area (Å²) in [7, 11) is 0. The van der Waals surface area contributed by atoms with E-state index in [0.717, 1.165) is 23.4 Å². The Morgan fingerprint density at radius 3 is 3.00 bits per heavy atom. The van der Waals surface area contributed by atoms with E-state index < -0.39 is 0 Å². The Kier molecular flexibility index (Phi) is 4.66. The van der Waals surface area contributed by atoms with Gasteiger partial charge >= 0.3 is 0 Å². The van der Waals surface area contributed by atoms with Crippen molar-refractivity contribution in [2.45, 2.75) is 16.8 Å². The first-order chi connectivity index (χ1) is 5.33. The van der Waals surface area contributed by atoms with Crippen LogP contribution in [0.2, 0.25) is 0 Å². The highest BCUT2D eigenvalue weighted by Crippen LogP contribution is 2.14. The molecule has 1 saturated heterocycles. The zero-order valence-corrected chi connectivity index (χ0v) is 8.88. The molecule has 66 valence electrons. The van der Waals surface area contributed by atoms with E-state index in [1.165, 1.54) is 19.5 Å². The van der Waals surface area contributed by atoms with Gasteiger partial charge in [-0.25, -0.2) is 5.01 Å². The van der Waals surface area contributed by atoms with Crippen LogP contribution in [0.1, 0.15) is 12.8 Å². The fourth-order valence-corrected chi connectivity index (χ4v) is 1.95. The van der Waals surface area contributed by atoms with Gasteiger partial charge in [0.15, 0.2) is 0 Å². The second-order valence-corrected chi connectivity index (χ2v) is 4.64.